The molecule has 5 nitrogen and oxygen atoms in total. The summed E-state index contributed by atoms with van der Waals surface area (Å²) in [6, 6.07) is 16.6. The molecule has 1 N–H and O–H groups in total. The van der Waals surface area contributed by atoms with Crippen LogP contribution >= 0.6 is 0 Å². The predicted molar refractivity (Wildman–Crippen MR) is 117 cm³/mol. The first-order valence-corrected chi connectivity index (χ1v) is 10.4. The van der Waals surface area contributed by atoms with Crippen LogP contribution in [0.4, 0.5) is 5.69 Å². The smallest absolute Gasteiger partial charge is 0.224 e. The normalized spacial score (nSPS) is 14.9. The highest BCUT2D eigenvalue weighted by molar-refractivity contribution is 5.94. The van der Waals surface area contributed by atoms with Crippen molar-refractivity contribution in [3.8, 4) is 0 Å². The van der Waals surface area contributed by atoms with E-state index >= 15 is 0 Å². The van der Waals surface area contributed by atoms with Gasteiger partial charge >= 0.3 is 0 Å². The zero-order chi connectivity index (χ0) is 20.1. The highest BCUT2D eigenvalue weighted by atomic mass is 16.5. The summed E-state index contributed by atoms with van der Waals surface area (Å²) in [4.78, 5) is 14.8. The molecule has 2 aromatic carbocycles. The number of fused-ring (bicyclic) bond motifs is 1. The number of anilines is 1. The van der Waals surface area contributed by atoms with E-state index in [0.717, 1.165) is 56.9 Å². The van der Waals surface area contributed by atoms with Gasteiger partial charge in [-0.15, -0.1) is 0 Å². The first-order chi connectivity index (χ1) is 14.2. The van der Waals surface area contributed by atoms with Gasteiger partial charge < -0.3 is 14.6 Å². The van der Waals surface area contributed by atoms with Crippen molar-refractivity contribution in [2.24, 2.45) is 0 Å². The van der Waals surface area contributed by atoms with Gasteiger partial charge in [0, 0.05) is 55.4 Å². The number of aromatic nitrogens is 1. The molecule has 0 spiro atoms. The first kappa shape index (κ1) is 19.7. The topological polar surface area (TPSA) is 46.5 Å². The molecular formula is C24H29N3O2. The number of ether oxygens (including phenoxy) is 1. The van der Waals surface area contributed by atoms with E-state index < -0.39 is 0 Å². The van der Waals surface area contributed by atoms with Crippen LogP contribution in [0.15, 0.2) is 54.7 Å². The van der Waals surface area contributed by atoms with E-state index in [9.17, 15) is 4.79 Å². The molecule has 3 aromatic rings. The molecule has 1 aromatic heterocycles. The summed E-state index contributed by atoms with van der Waals surface area (Å²) in [6.45, 7) is 7.76. The molecule has 29 heavy (non-hydrogen) atoms. The van der Waals surface area contributed by atoms with Crippen LogP contribution in [0.1, 0.15) is 17.5 Å². The van der Waals surface area contributed by atoms with Gasteiger partial charge in [0.25, 0.3) is 0 Å². The van der Waals surface area contributed by atoms with E-state index in [0.29, 0.717) is 6.42 Å². The van der Waals surface area contributed by atoms with Crippen LogP contribution in [0.25, 0.3) is 10.9 Å². The number of amides is 1. The molecule has 0 aliphatic carbocycles. The number of nitrogens with one attached hydrogen (secondary N) is 1. The van der Waals surface area contributed by atoms with Crippen LogP contribution in [0.2, 0.25) is 0 Å². The summed E-state index contributed by atoms with van der Waals surface area (Å²) in [5.41, 5.74) is 4.50. The fourth-order valence-corrected chi connectivity index (χ4v) is 3.78. The third-order valence-corrected chi connectivity index (χ3v) is 5.58. The highest BCUT2D eigenvalue weighted by Gasteiger charge is 2.11. The number of benzene rings is 2. The van der Waals surface area contributed by atoms with Crippen molar-refractivity contribution >= 4 is 22.5 Å². The maximum absolute atomic E-state index is 12.3. The summed E-state index contributed by atoms with van der Waals surface area (Å²) in [5, 5.41) is 4.19. The molecule has 0 unspecified atom stereocenters. The lowest BCUT2D eigenvalue weighted by atomic mass is 10.1. The Kier molecular flexibility index (Phi) is 6.27. The predicted octanol–water partition coefficient (Wildman–Crippen LogP) is 3.85. The summed E-state index contributed by atoms with van der Waals surface area (Å²) in [6.07, 6.45) is 3.38. The molecule has 0 atom stereocenters. The van der Waals surface area contributed by atoms with Gasteiger partial charge in [0.15, 0.2) is 0 Å². The fraction of sp³-hybridized carbons (Fsp3) is 0.375. The van der Waals surface area contributed by atoms with Gasteiger partial charge in [-0.2, -0.15) is 0 Å². The summed E-state index contributed by atoms with van der Waals surface area (Å²) in [7, 11) is 0. The molecular weight excluding hydrogens is 362 g/mol. The van der Waals surface area contributed by atoms with Gasteiger partial charge in [-0.05, 0) is 43.2 Å². The van der Waals surface area contributed by atoms with E-state index in [-0.39, 0.29) is 5.91 Å². The summed E-state index contributed by atoms with van der Waals surface area (Å²) >= 11 is 0. The molecule has 1 aliphatic heterocycles. The van der Waals surface area contributed by atoms with E-state index in [4.69, 9.17) is 4.74 Å². The van der Waals surface area contributed by atoms with E-state index in [1.807, 2.05) is 6.07 Å². The van der Waals surface area contributed by atoms with Crippen LogP contribution in [-0.4, -0.2) is 48.2 Å². The Morgan fingerprint density at radius 3 is 2.62 bits per heavy atom. The number of morpholine rings is 1. The molecule has 5 heteroatoms. The fourth-order valence-electron chi connectivity index (χ4n) is 3.78. The molecule has 0 saturated carbocycles. The second kappa shape index (κ2) is 9.25. The van der Waals surface area contributed by atoms with Crippen molar-refractivity contribution in [1.29, 1.82) is 0 Å². The van der Waals surface area contributed by atoms with Gasteiger partial charge in [-0.1, -0.05) is 29.8 Å². The average molecular weight is 392 g/mol. The second-order valence-electron chi connectivity index (χ2n) is 7.77. The summed E-state index contributed by atoms with van der Waals surface area (Å²) < 4.78 is 7.70. The Bertz CT molecular complexity index is 956. The van der Waals surface area contributed by atoms with Crippen LogP contribution in [0.3, 0.4) is 0 Å². The number of carbonyl (C=O) groups excluding carboxylic acids is 1. The Hall–Kier alpha value is -2.63. The van der Waals surface area contributed by atoms with Crippen LogP contribution < -0.4 is 5.32 Å². The van der Waals surface area contributed by atoms with Gasteiger partial charge in [0.2, 0.25) is 5.91 Å². The van der Waals surface area contributed by atoms with E-state index in [1.54, 1.807) is 0 Å². The number of aryl methyl sites for hydroxylation is 2. The third-order valence-electron chi connectivity index (χ3n) is 5.58. The van der Waals surface area contributed by atoms with Crippen molar-refractivity contribution in [2.45, 2.75) is 26.3 Å². The van der Waals surface area contributed by atoms with Gasteiger partial charge in [0.05, 0.1) is 13.2 Å². The maximum Gasteiger partial charge on any atom is 0.224 e. The quantitative estimate of drug-likeness (QED) is 0.665. The minimum absolute atomic E-state index is 0.0525. The number of hydrogen-bond acceptors (Lipinski definition) is 3. The SMILES string of the molecule is Cc1ccc(CCC(=O)Nc2ccc3c(ccn3CCN3CCOCC3)c2)cc1. The maximum atomic E-state index is 12.3. The third kappa shape index (κ3) is 5.25. The molecule has 4 rings (SSSR count). The van der Waals surface area contributed by atoms with Crippen molar-refractivity contribution in [1.82, 2.24) is 9.47 Å². The number of hydrogen-bond donors (Lipinski definition) is 1. The zero-order valence-electron chi connectivity index (χ0n) is 17.1. The van der Waals surface area contributed by atoms with Crippen molar-refractivity contribution in [3.63, 3.8) is 0 Å². The van der Waals surface area contributed by atoms with Crippen molar-refractivity contribution in [3.05, 3.63) is 65.9 Å². The summed E-state index contributed by atoms with van der Waals surface area (Å²) in [5.74, 6) is 0.0525. The Labute approximate surface area is 172 Å². The minimum atomic E-state index is 0.0525. The second-order valence-corrected chi connectivity index (χ2v) is 7.77. The largest absolute Gasteiger partial charge is 0.379 e. The van der Waals surface area contributed by atoms with Crippen LogP contribution in [0.5, 0.6) is 0 Å². The average Bonchev–Trinajstić information content (AvgIpc) is 3.15. The molecule has 1 amide bonds. The van der Waals surface area contributed by atoms with Crippen LogP contribution in [0, 0.1) is 6.92 Å². The Balaban J connectivity index is 1.32. The molecule has 0 radical (unpaired) electrons. The molecule has 2 heterocycles. The van der Waals surface area contributed by atoms with Crippen molar-refractivity contribution in [2.75, 3.05) is 38.2 Å². The Morgan fingerprint density at radius 1 is 1.03 bits per heavy atom. The lowest BCUT2D eigenvalue weighted by Gasteiger charge is -2.26. The van der Waals surface area contributed by atoms with Crippen molar-refractivity contribution < 1.29 is 9.53 Å². The first-order valence-electron chi connectivity index (χ1n) is 10.4. The van der Waals surface area contributed by atoms with Crippen LogP contribution in [-0.2, 0) is 22.5 Å². The lowest BCUT2D eigenvalue weighted by molar-refractivity contribution is -0.116. The lowest BCUT2D eigenvalue weighted by Crippen LogP contribution is -2.38. The molecule has 1 saturated heterocycles. The minimum Gasteiger partial charge on any atom is -0.379 e. The van der Waals surface area contributed by atoms with Gasteiger partial charge in [0.1, 0.15) is 0 Å². The number of carbonyl (C=O) groups is 1. The number of rotatable bonds is 7. The highest BCUT2D eigenvalue weighted by Crippen LogP contribution is 2.21. The zero-order valence-corrected chi connectivity index (χ0v) is 17.1. The molecule has 1 fully saturated rings. The molecule has 1 aliphatic rings. The Morgan fingerprint density at radius 2 is 1.83 bits per heavy atom. The molecule has 152 valence electrons. The van der Waals surface area contributed by atoms with E-state index in [2.05, 4.69) is 70.4 Å². The van der Waals surface area contributed by atoms with Gasteiger partial charge in [-0.25, -0.2) is 0 Å². The standard InChI is InChI=1S/C24H29N3O2/c1-19-2-4-20(5-3-19)6-9-24(28)25-22-7-8-23-21(18-22)10-11-27(23)13-12-26-14-16-29-17-15-26/h2-5,7-8,10-11,18H,6,9,12-17H2,1H3,(H,25,28). The molecule has 0 bridgehead atoms. The van der Waals surface area contributed by atoms with E-state index in [1.165, 1.54) is 16.6 Å². The monoisotopic (exact) mass is 391 g/mol. The van der Waals surface area contributed by atoms with Gasteiger partial charge in [-0.3, -0.25) is 9.69 Å². The number of nitrogens with zero attached hydrogens (tertiary/aromatic N) is 2.